The van der Waals surface area contributed by atoms with E-state index in [1.807, 2.05) is 24.3 Å². The fraction of sp³-hybridized carbons (Fsp3) is 0.312. The number of carbonyl (C=O) groups excluding carboxylic acids is 1. The number of hydrogen-bond donors (Lipinski definition) is 2. The molecule has 0 saturated carbocycles. The van der Waals surface area contributed by atoms with Crippen molar-refractivity contribution in [2.24, 2.45) is 11.7 Å². The first kappa shape index (κ1) is 14.3. The van der Waals surface area contributed by atoms with Crippen LogP contribution in [-0.4, -0.2) is 17.1 Å². The van der Waals surface area contributed by atoms with Crippen molar-refractivity contribution >= 4 is 16.7 Å². The summed E-state index contributed by atoms with van der Waals surface area (Å²) in [6, 6.07) is 10.6. The molecule has 0 aliphatic rings. The van der Waals surface area contributed by atoms with Gasteiger partial charge in [-0.05, 0) is 23.9 Å². The number of phenols is 1. The zero-order chi connectivity index (χ0) is 14.7. The largest absolute Gasteiger partial charge is 0.507 e. The van der Waals surface area contributed by atoms with Gasteiger partial charge in [0.05, 0.1) is 5.92 Å². The molecule has 4 nitrogen and oxygen atoms in total. The monoisotopic (exact) mass is 273 g/mol. The van der Waals surface area contributed by atoms with Gasteiger partial charge < -0.3 is 15.6 Å². The minimum absolute atomic E-state index is 0.177. The molecule has 0 heterocycles. The predicted molar refractivity (Wildman–Crippen MR) is 78.2 cm³/mol. The number of benzene rings is 2. The summed E-state index contributed by atoms with van der Waals surface area (Å²) in [5, 5.41) is 11.4. The Morgan fingerprint density at radius 3 is 2.50 bits per heavy atom. The molecule has 4 heteroatoms. The molecule has 2 unspecified atom stereocenters. The van der Waals surface area contributed by atoms with Crippen molar-refractivity contribution in [1.82, 2.24) is 0 Å². The molecule has 0 fully saturated rings. The highest BCUT2D eigenvalue weighted by Crippen LogP contribution is 2.27. The fourth-order valence-corrected chi connectivity index (χ4v) is 1.97. The molecule has 0 bridgehead atoms. The van der Waals surface area contributed by atoms with E-state index in [-0.39, 0.29) is 30.3 Å². The van der Waals surface area contributed by atoms with Gasteiger partial charge in [-0.3, -0.25) is 4.79 Å². The highest BCUT2D eigenvalue weighted by atomic mass is 16.5. The van der Waals surface area contributed by atoms with Gasteiger partial charge in [0, 0.05) is 11.4 Å². The molecule has 2 aromatic rings. The molecule has 0 aliphatic carbocycles. The van der Waals surface area contributed by atoms with Crippen LogP contribution in [0.15, 0.2) is 36.4 Å². The first-order valence-electron chi connectivity index (χ1n) is 6.62. The molecule has 0 saturated heterocycles. The maximum absolute atomic E-state index is 11.8. The molecule has 0 amide bonds. The Labute approximate surface area is 118 Å². The summed E-state index contributed by atoms with van der Waals surface area (Å²) in [5.41, 5.74) is 6.55. The van der Waals surface area contributed by atoms with E-state index in [1.165, 1.54) is 0 Å². The van der Waals surface area contributed by atoms with Gasteiger partial charge in [0.25, 0.3) is 0 Å². The SMILES string of the molecule is CC(N)C(C)C(=O)OCc1ccc(O)c2ccccc12. The van der Waals surface area contributed by atoms with Gasteiger partial charge in [-0.1, -0.05) is 37.3 Å². The summed E-state index contributed by atoms with van der Waals surface area (Å²) < 4.78 is 5.30. The van der Waals surface area contributed by atoms with Crippen LogP contribution in [0.25, 0.3) is 10.8 Å². The first-order valence-corrected chi connectivity index (χ1v) is 6.62. The Kier molecular flexibility index (Phi) is 4.25. The first-order chi connectivity index (χ1) is 9.50. The average molecular weight is 273 g/mol. The van der Waals surface area contributed by atoms with Gasteiger partial charge in [-0.2, -0.15) is 0 Å². The molecule has 3 N–H and O–H groups in total. The summed E-state index contributed by atoms with van der Waals surface area (Å²) in [5.74, 6) is -0.421. The fourth-order valence-electron chi connectivity index (χ4n) is 1.97. The van der Waals surface area contributed by atoms with E-state index in [0.717, 1.165) is 16.3 Å². The third kappa shape index (κ3) is 2.91. The van der Waals surface area contributed by atoms with Gasteiger partial charge in [0.15, 0.2) is 0 Å². The lowest BCUT2D eigenvalue weighted by molar-refractivity contribution is -0.149. The van der Waals surface area contributed by atoms with Gasteiger partial charge in [0.2, 0.25) is 0 Å². The van der Waals surface area contributed by atoms with Gasteiger partial charge in [-0.25, -0.2) is 0 Å². The van der Waals surface area contributed by atoms with Gasteiger partial charge in [0.1, 0.15) is 12.4 Å². The van der Waals surface area contributed by atoms with Crippen molar-refractivity contribution in [1.29, 1.82) is 0 Å². The van der Waals surface area contributed by atoms with E-state index in [1.54, 1.807) is 26.0 Å². The lowest BCUT2D eigenvalue weighted by atomic mass is 10.0. The Morgan fingerprint density at radius 1 is 1.20 bits per heavy atom. The van der Waals surface area contributed by atoms with Crippen LogP contribution >= 0.6 is 0 Å². The maximum atomic E-state index is 11.8. The van der Waals surface area contributed by atoms with Crippen LogP contribution in [-0.2, 0) is 16.1 Å². The van der Waals surface area contributed by atoms with Crippen LogP contribution in [0.2, 0.25) is 0 Å². The molecule has 2 atom stereocenters. The standard InChI is InChI=1S/C16H19NO3/c1-10(11(2)17)16(19)20-9-12-7-8-15(18)14-6-4-3-5-13(12)14/h3-8,10-11,18H,9,17H2,1-2H3. The summed E-state index contributed by atoms with van der Waals surface area (Å²) in [4.78, 5) is 11.8. The number of nitrogens with two attached hydrogens (primary N) is 1. The zero-order valence-electron chi connectivity index (χ0n) is 11.7. The molecule has 0 radical (unpaired) electrons. The van der Waals surface area contributed by atoms with Crippen LogP contribution < -0.4 is 5.73 Å². The van der Waals surface area contributed by atoms with E-state index < -0.39 is 0 Å². The van der Waals surface area contributed by atoms with Gasteiger partial charge >= 0.3 is 5.97 Å². The molecule has 0 aromatic heterocycles. The van der Waals surface area contributed by atoms with Crippen LogP contribution in [0.1, 0.15) is 19.4 Å². The normalized spacial score (nSPS) is 13.9. The van der Waals surface area contributed by atoms with E-state index in [0.29, 0.717) is 0 Å². The number of fused-ring (bicyclic) bond motifs is 1. The molecular weight excluding hydrogens is 254 g/mol. The molecular formula is C16H19NO3. The Morgan fingerprint density at radius 2 is 1.85 bits per heavy atom. The quantitative estimate of drug-likeness (QED) is 0.840. The lowest BCUT2D eigenvalue weighted by Crippen LogP contribution is -2.31. The average Bonchev–Trinajstić information content (AvgIpc) is 2.45. The van der Waals surface area contributed by atoms with Gasteiger partial charge in [-0.15, -0.1) is 0 Å². The van der Waals surface area contributed by atoms with E-state index in [4.69, 9.17) is 10.5 Å². The molecule has 2 rings (SSSR count). The van der Waals surface area contributed by atoms with Crippen molar-refractivity contribution in [2.75, 3.05) is 0 Å². The smallest absolute Gasteiger partial charge is 0.310 e. The number of carbonyl (C=O) groups is 1. The zero-order valence-corrected chi connectivity index (χ0v) is 11.7. The second kappa shape index (κ2) is 5.92. The second-order valence-electron chi connectivity index (χ2n) is 5.04. The van der Waals surface area contributed by atoms with Crippen molar-refractivity contribution < 1.29 is 14.6 Å². The molecule has 106 valence electrons. The number of phenolic OH excluding ortho intramolecular Hbond substituents is 1. The molecule has 0 aliphatic heterocycles. The third-order valence-corrected chi connectivity index (χ3v) is 3.52. The van der Waals surface area contributed by atoms with Crippen LogP contribution in [0.5, 0.6) is 5.75 Å². The van der Waals surface area contributed by atoms with Crippen LogP contribution in [0.4, 0.5) is 0 Å². The molecule has 20 heavy (non-hydrogen) atoms. The summed E-state index contributed by atoms with van der Waals surface area (Å²) >= 11 is 0. The molecule has 0 spiro atoms. The highest BCUT2D eigenvalue weighted by Gasteiger charge is 2.18. The Hall–Kier alpha value is -2.07. The van der Waals surface area contributed by atoms with E-state index in [9.17, 15) is 9.90 Å². The number of hydrogen-bond acceptors (Lipinski definition) is 4. The second-order valence-corrected chi connectivity index (χ2v) is 5.04. The lowest BCUT2D eigenvalue weighted by Gasteiger charge is -2.15. The number of aromatic hydroxyl groups is 1. The highest BCUT2D eigenvalue weighted by molar-refractivity contribution is 5.90. The number of esters is 1. The summed E-state index contributed by atoms with van der Waals surface area (Å²) in [7, 11) is 0. The topological polar surface area (TPSA) is 72.6 Å². The predicted octanol–water partition coefficient (Wildman–Crippen LogP) is 2.57. The van der Waals surface area contributed by atoms with Crippen molar-refractivity contribution in [3.8, 4) is 5.75 Å². The third-order valence-electron chi connectivity index (χ3n) is 3.52. The molecule has 2 aromatic carbocycles. The van der Waals surface area contributed by atoms with Crippen LogP contribution in [0, 0.1) is 5.92 Å². The van der Waals surface area contributed by atoms with Crippen molar-refractivity contribution in [2.45, 2.75) is 26.5 Å². The van der Waals surface area contributed by atoms with Crippen LogP contribution in [0.3, 0.4) is 0 Å². The summed E-state index contributed by atoms with van der Waals surface area (Å²) in [6.45, 7) is 3.71. The minimum Gasteiger partial charge on any atom is -0.507 e. The Bertz CT molecular complexity index is 622. The number of ether oxygens (including phenoxy) is 1. The van der Waals surface area contributed by atoms with E-state index >= 15 is 0 Å². The maximum Gasteiger partial charge on any atom is 0.310 e. The van der Waals surface area contributed by atoms with Crippen molar-refractivity contribution in [3.63, 3.8) is 0 Å². The van der Waals surface area contributed by atoms with Crippen molar-refractivity contribution in [3.05, 3.63) is 42.0 Å². The minimum atomic E-state index is -0.335. The summed E-state index contributed by atoms with van der Waals surface area (Å²) in [6.07, 6.45) is 0. The number of rotatable bonds is 4. The van der Waals surface area contributed by atoms with E-state index in [2.05, 4.69) is 0 Å². The Balaban J connectivity index is 2.19.